The molecule has 0 radical (unpaired) electrons. The molecule has 1 atom stereocenters. The number of aromatic nitrogens is 1. The monoisotopic (exact) mass is 497 g/mol. The standard InChI is InChI=1S/C23H27FN5O.Y/c1-16-4-7-18(8-5-16)22(30)29-12-10-23(24,11-13-29)20(14-25)27-15-19-9-6-17(2)21(26-3)28-19;/h4,6-9,20,27H,10-13,15H2,1-3H3,(H,26,28);. The maximum absolute atomic E-state index is 15.7. The van der Waals surface area contributed by atoms with Crippen LogP contribution in [-0.2, 0) is 37.5 Å². The first-order chi connectivity index (χ1) is 14.8. The van der Waals surface area contributed by atoms with Gasteiger partial charge in [-0.05, 0) is 18.6 Å². The van der Waals surface area contributed by atoms with E-state index in [0.29, 0.717) is 25.2 Å². The van der Waals surface area contributed by atoms with Gasteiger partial charge in [0.05, 0.1) is 0 Å². The predicted molar refractivity (Wildman–Crippen MR) is 115 cm³/mol. The third-order valence-corrected chi connectivity index (χ3v) is 7.46. The van der Waals surface area contributed by atoms with E-state index >= 15 is 4.39 Å². The summed E-state index contributed by atoms with van der Waals surface area (Å²) in [5, 5.41) is 15.7. The Morgan fingerprint density at radius 2 is 1.97 bits per heavy atom. The number of amides is 1. The second-order valence-electron chi connectivity index (χ2n) is 8.06. The molecule has 1 fully saturated rings. The number of carbonyl (C=O) groups excluding carboxylic acids is 1. The molecule has 31 heavy (non-hydrogen) atoms. The van der Waals surface area contributed by atoms with Crippen molar-refractivity contribution in [1.29, 1.82) is 5.26 Å². The van der Waals surface area contributed by atoms with E-state index in [0.717, 1.165) is 48.0 Å². The molecule has 1 aromatic heterocycles. The van der Waals surface area contributed by atoms with Crippen LogP contribution in [0.5, 0.6) is 0 Å². The number of nitrogens with one attached hydrogen (secondary N) is 2. The second-order valence-corrected chi connectivity index (χ2v) is 9.59. The molecule has 1 unspecified atom stereocenters. The molecule has 1 aromatic carbocycles. The van der Waals surface area contributed by atoms with Crippen LogP contribution >= 0.6 is 0 Å². The van der Waals surface area contributed by atoms with Crippen LogP contribution < -0.4 is 13.0 Å². The fraction of sp³-hybridized carbons (Fsp3) is 0.435. The molecule has 0 spiro atoms. The molecular weight excluding hydrogens is 470 g/mol. The topological polar surface area (TPSA) is 81.1 Å². The smallest absolute Gasteiger partial charge is 0.00863 e. The summed E-state index contributed by atoms with van der Waals surface area (Å²) in [6.07, 6.45) is 0.262. The first-order valence-electron chi connectivity index (χ1n) is 10.4. The van der Waals surface area contributed by atoms with E-state index in [-0.39, 0.29) is 18.7 Å². The molecule has 1 aliphatic rings. The zero-order chi connectivity index (χ0) is 22.6. The normalized spacial score (nSPS) is 16.4. The summed E-state index contributed by atoms with van der Waals surface area (Å²) < 4.78 is 16.8. The molecule has 2 N–H and O–H groups in total. The van der Waals surface area contributed by atoms with Crippen LogP contribution in [0, 0.1) is 25.2 Å². The Morgan fingerprint density at radius 1 is 1.29 bits per heavy atom. The van der Waals surface area contributed by atoms with Crippen molar-refractivity contribution in [3.63, 3.8) is 0 Å². The summed E-state index contributed by atoms with van der Waals surface area (Å²) in [5.41, 5.74) is 1.92. The summed E-state index contributed by atoms with van der Waals surface area (Å²) in [4.78, 5) is 19.0. The number of pyridine rings is 1. The third kappa shape index (κ3) is 5.49. The zero-order valence-electron chi connectivity index (χ0n) is 18.2. The molecule has 1 amide bonds. The molecule has 8 heteroatoms. The van der Waals surface area contributed by atoms with E-state index in [9.17, 15) is 10.1 Å². The number of hydrogen-bond acceptors (Lipinski definition) is 5. The Labute approximate surface area is 203 Å². The number of nitriles is 1. The molecule has 0 saturated carbocycles. The maximum Gasteiger partial charge on any atom is -0.00863 e. The molecule has 2 heterocycles. The summed E-state index contributed by atoms with van der Waals surface area (Å²) in [5.74, 6) is 0.700. The van der Waals surface area contributed by atoms with Crippen molar-refractivity contribution in [2.24, 2.45) is 0 Å². The summed E-state index contributed by atoms with van der Waals surface area (Å²) >= 11 is 0.948. The summed E-state index contributed by atoms with van der Waals surface area (Å²) in [6.45, 7) is 4.89. The Hall–Kier alpha value is -1.88. The van der Waals surface area contributed by atoms with Crippen LogP contribution in [0.3, 0.4) is 0 Å². The molecule has 0 aliphatic carbocycles. The van der Waals surface area contributed by atoms with Crippen molar-refractivity contribution in [3.8, 4) is 6.07 Å². The van der Waals surface area contributed by atoms with Gasteiger partial charge >= 0.3 is 156 Å². The van der Waals surface area contributed by atoms with Gasteiger partial charge in [-0.2, -0.15) is 0 Å². The fourth-order valence-corrected chi connectivity index (χ4v) is 4.48. The quantitative estimate of drug-likeness (QED) is 0.642. The van der Waals surface area contributed by atoms with E-state index < -0.39 is 11.7 Å². The van der Waals surface area contributed by atoms with Crippen LogP contribution in [0.25, 0.3) is 0 Å². The van der Waals surface area contributed by atoms with Crippen LogP contribution in [-0.4, -0.2) is 47.6 Å². The predicted octanol–water partition coefficient (Wildman–Crippen LogP) is 2.54. The van der Waals surface area contributed by atoms with Crippen LogP contribution in [0.15, 0.2) is 30.3 Å². The molecule has 2 aromatic rings. The van der Waals surface area contributed by atoms with Gasteiger partial charge in [-0.25, -0.2) is 4.98 Å². The number of benzene rings is 1. The zero-order valence-corrected chi connectivity index (χ0v) is 21.0. The van der Waals surface area contributed by atoms with E-state index in [2.05, 4.69) is 21.7 Å². The average molecular weight is 497 g/mol. The van der Waals surface area contributed by atoms with Gasteiger partial charge in [-0.15, -0.1) is 0 Å². The second kappa shape index (κ2) is 10.2. The first kappa shape index (κ1) is 23.8. The van der Waals surface area contributed by atoms with Crippen molar-refractivity contribution in [2.45, 2.75) is 44.9 Å². The van der Waals surface area contributed by atoms with Gasteiger partial charge in [0.2, 0.25) is 0 Å². The minimum atomic E-state index is -1.68. The SMILES string of the molecule is CNc1nc(CNC(C#N)C2(F)CCN(C(=O)c3ccc(C)[c]([Y])c3)CC2)ccc1C. The Morgan fingerprint density at radius 3 is 2.58 bits per heavy atom. The minimum absolute atomic E-state index is 0.0671. The number of carbonyl (C=O) groups is 1. The van der Waals surface area contributed by atoms with Crippen molar-refractivity contribution in [1.82, 2.24) is 15.2 Å². The van der Waals surface area contributed by atoms with Gasteiger partial charge < -0.3 is 5.32 Å². The number of nitrogens with zero attached hydrogens (tertiary/aromatic N) is 3. The number of anilines is 1. The Balaban J connectivity index is 1.62. The Kier molecular flexibility index (Phi) is 7.80. The Bertz CT molecular complexity index is 998. The molecule has 3 rings (SSSR count). The van der Waals surface area contributed by atoms with Crippen molar-refractivity contribution >= 4 is 14.1 Å². The van der Waals surface area contributed by atoms with E-state index in [4.69, 9.17) is 0 Å². The van der Waals surface area contributed by atoms with Gasteiger partial charge in [0.1, 0.15) is 5.82 Å². The van der Waals surface area contributed by atoms with Gasteiger partial charge in [0.25, 0.3) is 0 Å². The summed E-state index contributed by atoms with van der Waals surface area (Å²) in [6, 6.07) is 10.7. The molecule has 1 aliphatic heterocycles. The molecule has 1 saturated heterocycles. The third-order valence-electron chi connectivity index (χ3n) is 5.93. The number of likely N-dealkylation sites (tertiary alicyclic amines) is 1. The van der Waals surface area contributed by atoms with E-state index in [1.165, 1.54) is 7.94 Å². The van der Waals surface area contributed by atoms with E-state index in [1.54, 1.807) is 11.9 Å². The van der Waals surface area contributed by atoms with Crippen LogP contribution in [0.1, 0.15) is 40.0 Å². The number of alkyl halides is 1. The number of aryl methyl sites for hydroxylation is 2. The molecule has 160 valence electrons. The molecular formula is C23H27FN5OY. The molecule has 6 nitrogen and oxygen atoms in total. The number of hydrogen-bond donors (Lipinski definition) is 2. The van der Waals surface area contributed by atoms with Crippen molar-refractivity contribution < 1.29 is 40.1 Å². The maximum atomic E-state index is 15.7. The van der Waals surface area contributed by atoms with Crippen LogP contribution in [0.2, 0.25) is 0 Å². The van der Waals surface area contributed by atoms with Gasteiger partial charge in [0, 0.05) is 7.05 Å². The van der Waals surface area contributed by atoms with Gasteiger partial charge in [-0.1, -0.05) is 6.07 Å². The largest absolute Gasteiger partial charge is 0.0538 e. The first-order valence-corrected chi connectivity index (χ1v) is 11.8. The molecule has 0 bridgehead atoms. The van der Waals surface area contributed by atoms with Crippen molar-refractivity contribution in [3.05, 3.63) is 52.7 Å². The number of piperidine rings is 1. The average Bonchev–Trinajstić information content (AvgIpc) is 2.77. The van der Waals surface area contributed by atoms with Gasteiger partial charge in [0.15, 0.2) is 0 Å². The number of rotatable bonds is 6. The van der Waals surface area contributed by atoms with Crippen LogP contribution in [0.4, 0.5) is 10.2 Å². The van der Waals surface area contributed by atoms with E-state index in [1.807, 2.05) is 44.2 Å². The minimum Gasteiger partial charge on any atom is -0.0538 e. The fourth-order valence-electron chi connectivity index (χ4n) is 3.80. The van der Waals surface area contributed by atoms with Crippen molar-refractivity contribution in [2.75, 3.05) is 25.5 Å². The number of halogens is 1. The van der Waals surface area contributed by atoms with Gasteiger partial charge in [-0.3, -0.25) is 0 Å². The summed E-state index contributed by atoms with van der Waals surface area (Å²) in [7, 11) is 1.80.